The molecule has 98 valence electrons. The molecular weight excluding hydrogens is 300 g/mol. The topological polar surface area (TPSA) is 15.6 Å². The van der Waals surface area contributed by atoms with Crippen molar-refractivity contribution in [1.82, 2.24) is 4.90 Å². The van der Waals surface area contributed by atoms with Crippen LogP contribution in [0.2, 0.25) is 0 Å². The lowest BCUT2D eigenvalue weighted by molar-refractivity contribution is 0.482. The predicted molar refractivity (Wildman–Crippen MR) is 85.3 cm³/mol. The van der Waals surface area contributed by atoms with Gasteiger partial charge in [-0.05, 0) is 16.3 Å². The van der Waals surface area contributed by atoms with E-state index in [1.807, 2.05) is 0 Å². The predicted octanol–water partition coefficient (Wildman–Crippen LogP) is 3.49. The minimum atomic E-state index is 0.938. The van der Waals surface area contributed by atoms with Crippen LogP contribution in [0, 0.1) is 0 Å². The molecule has 3 rings (SSSR count). The zero-order chi connectivity index (χ0) is 13.1. The van der Waals surface area contributed by atoms with Crippen LogP contribution < -0.4 is 0 Å². The van der Waals surface area contributed by atoms with Crippen LogP contribution in [-0.4, -0.2) is 35.7 Å². The Bertz CT molecular complexity index is 601. The molecule has 3 heteroatoms. The van der Waals surface area contributed by atoms with Crippen LogP contribution in [0.5, 0.6) is 0 Å². The van der Waals surface area contributed by atoms with Crippen molar-refractivity contribution in [1.29, 1.82) is 0 Å². The second kappa shape index (κ2) is 5.74. The molecule has 0 saturated carbocycles. The number of halogens is 1. The number of hydrogen-bond donors (Lipinski definition) is 0. The van der Waals surface area contributed by atoms with Crippen LogP contribution in [0.4, 0.5) is 0 Å². The average molecular weight is 317 g/mol. The van der Waals surface area contributed by atoms with Crippen LogP contribution in [-0.2, 0) is 6.42 Å². The molecule has 0 aliphatic carbocycles. The van der Waals surface area contributed by atoms with E-state index in [0.717, 1.165) is 31.4 Å². The van der Waals surface area contributed by atoms with E-state index in [1.54, 1.807) is 0 Å². The second-order valence-electron chi connectivity index (χ2n) is 4.79. The molecule has 0 aromatic heterocycles. The zero-order valence-electron chi connectivity index (χ0n) is 10.8. The SMILES string of the molecule is BrCCN1CCN=C1Cc1cccc2ccccc12. The maximum atomic E-state index is 4.66. The van der Waals surface area contributed by atoms with Crippen LogP contribution in [0.15, 0.2) is 47.5 Å². The van der Waals surface area contributed by atoms with E-state index in [9.17, 15) is 0 Å². The van der Waals surface area contributed by atoms with Crippen LogP contribution in [0.3, 0.4) is 0 Å². The molecule has 0 bridgehead atoms. The van der Waals surface area contributed by atoms with Gasteiger partial charge in [0, 0.05) is 24.8 Å². The van der Waals surface area contributed by atoms with E-state index in [0.29, 0.717) is 0 Å². The van der Waals surface area contributed by atoms with E-state index in [-0.39, 0.29) is 0 Å². The van der Waals surface area contributed by atoms with Gasteiger partial charge in [0.05, 0.1) is 6.54 Å². The Labute approximate surface area is 122 Å². The van der Waals surface area contributed by atoms with Crippen molar-refractivity contribution in [3.05, 3.63) is 48.0 Å². The van der Waals surface area contributed by atoms with Gasteiger partial charge in [-0.25, -0.2) is 0 Å². The molecule has 0 radical (unpaired) electrons. The molecule has 0 amide bonds. The van der Waals surface area contributed by atoms with Gasteiger partial charge in [-0.2, -0.15) is 0 Å². The molecule has 0 N–H and O–H groups in total. The number of rotatable bonds is 4. The zero-order valence-corrected chi connectivity index (χ0v) is 12.4. The molecule has 0 saturated heterocycles. The summed E-state index contributed by atoms with van der Waals surface area (Å²) in [5, 5.41) is 3.66. The summed E-state index contributed by atoms with van der Waals surface area (Å²) in [6, 6.07) is 15.1. The molecule has 2 nitrogen and oxygen atoms in total. The highest BCUT2D eigenvalue weighted by molar-refractivity contribution is 9.09. The summed E-state index contributed by atoms with van der Waals surface area (Å²) in [5.74, 6) is 1.23. The summed E-state index contributed by atoms with van der Waals surface area (Å²) < 4.78 is 0. The van der Waals surface area contributed by atoms with Crippen molar-refractivity contribution in [2.24, 2.45) is 4.99 Å². The van der Waals surface area contributed by atoms with Gasteiger partial charge in [-0.1, -0.05) is 58.4 Å². The van der Waals surface area contributed by atoms with Crippen LogP contribution >= 0.6 is 15.9 Å². The van der Waals surface area contributed by atoms with E-state index in [4.69, 9.17) is 0 Å². The van der Waals surface area contributed by atoms with Crippen molar-refractivity contribution in [2.75, 3.05) is 25.0 Å². The minimum Gasteiger partial charge on any atom is -0.357 e. The number of nitrogens with zero attached hydrogens (tertiary/aromatic N) is 2. The Morgan fingerprint density at radius 1 is 1.11 bits per heavy atom. The molecule has 1 aliphatic heterocycles. The number of hydrogen-bond acceptors (Lipinski definition) is 2. The van der Waals surface area contributed by atoms with Gasteiger partial charge in [0.25, 0.3) is 0 Å². The third-order valence-electron chi connectivity index (χ3n) is 3.61. The molecule has 2 aromatic rings. The first kappa shape index (κ1) is 12.7. The van der Waals surface area contributed by atoms with Crippen molar-refractivity contribution in [3.63, 3.8) is 0 Å². The standard InChI is InChI=1S/C16H17BrN2/c17-8-10-19-11-9-18-16(19)12-14-6-3-5-13-4-1-2-7-15(13)14/h1-7H,8-12H2. The van der Waals surface area contributed by atoms with Gasteiger partial charge < -0.3 is 4.90 Å². The lowest BCUT2D eigenvalue weighted by Gasteiger charge is -2.19. The number of fused-ring (bicyclic) bond motifs is 1. The summed E-state index contributed by atoms with van der Waals surface area (Å²) in [5.41, 5.74) is 1.37. The maximum absolute atomic E-state index is 4.66. The molecule has 1 aliphatic rings. The Kier molecular flexibility index (Phi) is 3.83. The fraction of sp³-hybridized carbons (Fsp3) is 0.312. The number of aliphatic imine (C=N–C) groups is 1. The Hall–Kier alpha value is -1.35. The van der Waals surface area contributed by atoms with Gasteiger partial charge in [0.2, 0.25) is 0 Å². The van der Waals surface area contributed by atoms with Gasteiger partial charge in [-0.3, -0.25) is 4.99 Å². The summed E-state index contributed by atoms with van der Waals surface area (Å²) in [7, 11) is 0. The van der Waals surface area contributed by atoms with E-state index in [1.165, 1.54) is 22.2 Å². The average Bonchev–Trinajstić information content (AvgIpc) is 2.87. The van der Waals surface area contributed by atoms with Crippen molar-refractivity contribution >= 4 is 32.5 Å². The summed E-state index contributed by atoms with van der Waals surface area (Å²) in [6.45, 7) is 3.04. The summed E-state index contributed by atoms with van der Waals surface area (Å²) >= 11 is 3.52. The number of benzene rings is 2. The monoisotopic (exact) mass is 316 g/mol. The lowest BCUT2D eigenvalue weighted by Crippen LogP contribution is -2.30. The van der Waals surface area contributed by atoms with E-state index < -0.39 is 0 Å². The first-order valence-corrected chi connectivity index (χ1v) is 7.81. The van der Waals surface area contributed by atoms with Crippen molar-refractivity contribution in [2.45, 2.75) is 6.42 Å². The fourth-order valence-corrected chi connectivity index (χ4v) is 3.08. The minimum absolute atomic E-state index is 0.938. The van der Waals surface area contributed by atoms with Crippen molar-refractivity contribution < 1.29 is 0 Å². The van der Waals surface area contributed by atoms with Crippen molar-refractivity contribution in [3.8, 4) is 0 Å². The molecule has 0 unspecified atom stereocenters. The molecule has 0 spiro atoms. The third kappa shape index (κ3) is 2.66. The maximum Gasteiger partial charge on any atom is 0.103 e. The summed E-state index contributed by atoms with van der Waals surface area (Å²) in [4.78, 5) is 7.05. The quantitative estimate of drug-likeness (QED) is 0.788. The smallest absolute Gasteiger partial charge is 0.103 e. The van der Waals surface area contributed by atoms with E-state index >= 15 is 0 Å². The molecule has 1 heterocycles. The third-order valence-corrected chi connectivity index (χ3v) is 3.97. The number of alkyl halides is 1. The molecule has 0 fully saturated rings. The van der Waals surface area contributed by atoms with E-state index in [2.05, 4.69) is 68.3 Å². The molecule has 2 aromatic carbocycles. The first-order valence-electron chi connectivity index (χ1n) is 6.69. The largest absolute Gasteiger partial charge is 0.357 e. The van der Waals surface area contributed by atoms with Gasteiger partial charge in [0.15, 0.2) is 0 Å². The Morgan fingerprint density at radius 3 is 2.84 bits per heavy atom. The Morgan fingerprint density at radius 2 is 1.95 bits per heavy atom. The first-order chi connectivity index (χ1) is 9.38. The van der Waals surface area contributed by atoms with Crippen LogP contribution in [0.25, 0.3) is 10.8 Å². The second-order valence-corrected chi connectivity index (χ2v) is 5.58. The molecule has 0 atom stereocenters. The van der Waals surface area contributed by atoms with Gasteiger partial charge in [0.1, 0.15) is 5.84 Å². The highest BCUT2D eigenvalue weighted by Gasteiger charge is 2.16. The summed E-state index contributed by atoms with van der Waals surface area (Å²) in [6.07, 6.45) is 0.939. The highest BCUT2D eigenvalue weighted by Crippen LogP contribution is 2.20. The van der Waals surface area contributed by atoms with Crippen LogP contribution in [0.1, 0.15) is 5.56 Å². The Balaban J connectivity index is 1.89. The molecular formula is C16H17BrN2. The molecule has 19 heavy (non-hydrogen) atoms. The highest BCUT2D eigenvalue weighted by atomic mass is 79.9. The number of amidine groups is 1. The lowest BCUT2D eigenvalue weighted by atomic mass is 10.0. The van der Waals surface area contributed by atoms with Gasteiger partial charge >= 0.3 is 0 Å². The fourth-order valence-electron chi connectivity index (χ4n) is 2.66. The normalized spacial score (nSPS) is 15.0. The van der Waals surface area contributed by atoms with Gasteiger partial charge in [-0.15, -0.1) is 0 Å².